The van der Waals surface area contributed by atoms with Gasteiger partial charge in [0, 0.05) is 33.2 Å². The van der Waals surface area contributed by atoms with Crippen LogP contribution in [0.25, 0.3) is 0 Å². The quantitative estimate of drug-likeness (QED) is 0.700. The lowest BCUT2D eigenvalue weighted by Crippen LogP contribution is -2.51. The summed E-state index contributed by atoms with van der Waals surface area (Å²) < 4.78 is 27.1. The Bertz CT molecular complexity index is 945. The van der Waals surface area contributed by atoms with Gasteiger partial charge in [-0.05, 0) is 24.6 Å². The third-order valence-corrected chi connectivity index (χ3v) is 7.80. The van der Waals surface area contributed by atoms with Crippen molar-refractivity contribution in [3.05, 3.63) is 65.2 Å². The molecule has 156 valence electrons. The van der Waals surface area contributed by atoms with Gasteiger partial charge in [-0.3, -0.25) is 9.69 Å². The summed E-state index contributed by atoms with van der Waals surface area (Å²) in [7, 11) is -1.83. The number of hydrogen-bond acceptors (Lipinski definition) is 4. The van der Waals surface area contributed by atoms with Crippen LogP contribution in [0.2, 0.25) is 5.02 Å². The second-order valence-corrected chi connectivity index (χ2v) is 9.52. The van der Waals surface area contributed by atoms with Gasteiger partial charge in [0.1, 0.15) is 4.90 Å². The SMILES string of the molecule is CC(c1ccccc1)N(C)C(=O)CN1CCN(S(=O)(=O)c2ccccc2Cl)CC1. The fraction of sp³-hybridized carbons (Fsp3) is 0.381. The number of carbonyl (C=O) groups is 1. The van der Waals surface area contributed by atoms with Crippen LogP contribution in [0.5, 0.6) is 0 Å². The third kappa shape index (κ3) is 4.98. The van der Waals surface area contributed by atoms with Crippen molar-refractivity contribution in [3.8, 4) is 0 Å². The van der Waals surface area contributed by atoms with E-state index in [1.54, 1.807) is 30.1 Å². The molecule has 0 aliphatic carbocycles. The van der Waals surface area contributed by atoms with E-state index in [1.807, 2.05) is 42.2 Å². The van der Waals surface area contributed by atoms with Gasteiger partial charge in [0.15, 0.2) is 0 Å². The molecule has 0 N–H and O–H groups in total. The molecule has 1 aliphatic rings. The van der Waals surface area contributed by atoms with Gasteiger partial charge >= 0.3 is 0 Å². The van der Waals surface area contributed by atoms with Gasteiger partial charge in [-0.25, -0.2) is 8.42 Å². The highest BCUT2D eigenvalue weighted by Gasteiger charge is 2.31. The molecule has 2 aromatic carbocycles. The molecule has 0 bridgehead atoms. The molecule has 1 fully saturated rings. The number of halogens is 1. The number of rotatable bonds is 6. The highest BCUT2D eigenvalue weighted by molar-refractivity contribution is 7.89. The lowest BCUT2D eigenvalue weighted by molar-refractivity contribution is -0.133. The summed E-state index contributed by atoms with van der Waals surface area (Å²) in [4.78, 5) is 16.6. The molecule has 0 spiro atoms. The van der Waals surface area contributed by atoms with Crippen molar-refractivity contribution >= 4 is 27.5 Å². The molecule has 1 unspecified atom stereocenters. The number of sulfonamides is 1. The standard InChI is InChI=1S/C21H26ClN3O3S/c1-17(18-8-4-3-5-9-18)23(2)21(26)16-24-12-14-25(15-13-24)29(27,28)20-11-7-6-10-19(20)22/h3-11,17H,12-16H2,1-2H3. The molecule has 1 heterocycles. The van der Waals surface area contributed by atoms with Crippen molar-refractivity contribution in [2.24, 2.45) is 0 Å². The van der Waals surface area contributed by atoms with Crippen molar-refractivity contribution in [2.45, 2.75) is 17.9 Å². The zero-order chi connectivity index (χ0) is 21.0. The second kappa shape index (κ2) is 9.26. The van der Waals surface area contributed by atoms with Crippen molar-refractivity contribution in [2.75, 3.05) is 39.8 Å². The Morgan fingerprint density at radius 1 is 1.03 bits per heavy atom. The highest BCUT2D eigenvalue weighted by Crippen LogP contribution is 2.25. The summed E-state index contributed by atoms with van der Waals surface area (Å²) in [6, 6.07) is 16.3. The second-order valence-electron chi connectivity index (χ2n) is 7.20. The molecule has 3 rings (SSSR count). The summed E-state index contributed by atoms with van der Waals surface area (Å²) in [6.07, 6.45) is 0. The van der Waals surface area contributed by atoms with Crippen LogP contribution in [-0.4, -0.2) is 68.2 Å². The van der Waals surface area contributed by atoms with E-state index < -0.39 is 10.0 Å². The van der Waals surface area contributed by atoms with E-state index in [0.29, 0.717) is 26.2 Å². The fourth-order valence-corrected chi connectivity index (χ4v) is 5.31. The van der Waals surface area contributed by atoms with Crippen LogP contribution < -0.4 is 0 Å². The molecular formula is C21H26ClN3O3S. The first kappa shape index (κ1) is 21.8. The number of likely N-dealkylation sites (N-methyl/N-ethyl adjacent to an activating group) is 1. The van der Waals surface area contributed by atoms with Crippen LogP contribution in [0.1, 0.15) is 18.5 Å². The maximum Gasteiger partial charge on any atom is 0.244 e. The largest absolute Gasteiger partial charge is 0.338 e. The average Bonchev–Trinajstić information content (AvgIpc) is 2.74. The Hall–Kier alpha value is -1.93. The lowest BCUT2D eigenvalue weighted by Gasteiger charge is -2.35. The van der Waals surface area contributed by atoms with Crippen molar-refractivity contribution in [1.29, 1.82) is 0 Å². The van der Waals surface area contributed by atoms with Gasteiger partial charge in [0.05, 0.1) is 17.6 Å². The molecule has 0 saturated carbocycles. The zero-order valence-corrected chi connectivity index (χ0v) is 18.2. The molecule has 1 saturated heterocycles. The van der Waals surface area contributed by atoms with Gasteiger partial charge in [0.2, 0.25) is 15.9 Å². The molecule has 1 amide bonds. The number of hydrogen-bond donors (Lipinski definition) is 0. The number of benzene rings is 2. The smallest absolute Gasteiger partial charge is 0.244 e. The first-order chi connectivity index (χ1) is 13.8. The minimum absolute atomic E-state index is 0.0174. The number of piperazine rings is 1. The number of amides is 1. The van der Waals surface area contributed by atoms with Gasteiger partial charge in [-0.15, -0.1) is 0 Å². The first-order valence-corrected chi connectivity index (χ1v) is 11.4. The van der Waals surface area contributed by atoms with Crippen LogP contribution in [0.3, 0.4) is 0 Å². The maximum atomic E-state index is 12.8. The number of carbonyl (C=O) groups excluding carboxylic acids is 1. The molecule has 29 heavy (non-hydrogen) atoms. The fourth-order valence-electron chi connectivity index (χ4n) is 3.39. The van der Waals surface area contributed by atoms with E-state index in [9.17, 15) is 13.2 Å². The Labute approximate surface area is 177 Å². The summed E-state index contributed by atoms with van der Waals surface area (Å²) in [5, 5.41) is 0.224. The predicted molar refractivity (Wildman–Crippen MR) is 114 cm³/mol. The minimum Gasteiger partial charge on any atom is -0.338 e. The lowest BCUT2D eigenvalue weighted by atomic mass is 10.1. The molecule has 8 heteroatoms. The number of nitrogens with zero attached hydrogens (tertiary/aromatic N) is 3. The molecule has 0 radical (unpaired) electrons. The Balaban J connectivity index is 1.57. The average molecular weight is 436 g/mol. The molecular weight excluding hydrogens is 410 g/mol. The van der Waals surface area contributed by atoms with Crippen molar-refractivity contribution in [3.63, 3.8) is 0 Å². The maximum absolute atomic E-state index is 12.8. The van der Waals surface area contributed by atoms with E-state index in [0.717, 1.165) is 5.56 Å². The monoisotopic (exact) mass is 435 g/mol. The van der Waals surface area contributed by atoms with Gasteiger partial charge in [0.25, 0.3) is 0 Å². The van der Waals surface area contributed by atoms with Crippen LogP contribution in [0, 0.1) is 0 Å². The van der Waals surface area contributed by atoms with Gasteiger partial charge < -0.3 is 4.90 Å². The summed E-state index contributed by atoms with van der Waals surface area (Å²) in [5.74, 6) is 0.0174. The third-order valence-electron chi connectivity index (χ3n) is 5.40. The van der Waals surface area contributed by atoms with E-state index in [1.165, 1.54) is 10.4 Å². The normalized spacial score (nSPS) is 17.1. The highest BCUT2D eigenvalue weighted by atomic mass is 35.5. The molecule has 2 aromatic rings. The molecule has 1 atom stereocenters. The van der Waals surface area contributed by atoms with Gasteiger partial charge in [-0.1, -0.05) is 54.1 Å². The Morgan fingerprint density at radius 2 is 1.62 bits per heavy atom. The van der Waals surface area contributed by atoms with E-state index in [2.05, 4.69) is 0 Å². The van der Waals surface area contributed by atoms with E-state index in [4.69, 9.17) is 11.6 Å². The topological polar surface area (TPSA) is 60.9 Å². The van der Waals surface area contributed by atoms with Crippen molar-refractivity contribution in [1.82, 2.24) is 14.1 Å². The Kier molecular flexibility index (Phi) is 6.95. The first-order valence-electron chi connectivity index (χ1n) is 9.58. The Morgan fingerprint density at radius 3 is 2.24 bits per heavy atom. The summed E-state index contributed by atoms with van der Waals surface area (Å²) in [5.41, 5.74) is 1.08. The molecule has 0 aromatic heterocycles. The van der Waals surface area contributed by atoms with E-state index in [-0.39, 0.29) is 28.4 Å². The van der Waals surface area contributed by atoms with Crippen molar-refractivity contribution < 1.29 is 13.2 Å². The summed E-state index contributed by atoms with van der Waals surface area (Å²) in [6.45, 7) is 3.94. The molecule has 6 nitrogen and oxygen atoms in total. The van der Waals surface area contributed by atoms with E-state index >= 15 is 0 Å². The minimum atomic E-state index is -3.63. The van der Waals surface area contributed by atoms with Crippen LogP contribution >= 0.6 is 11.6 Å². The van der Waals surface area contributed by atoms with Crippen LogP contribution in [0.4, 0.5) is 0 Å². The van der Waals surface area contributed by atoms with Crippen LogP contribution in [0.15, 0.2) is 59.5 Å². The van der Waals surface area contributed by atoms with Gasteiger partial charge in [-0.2, -0.15) is 4.31 Å². The zero-order valence-electron chi connectivity index (χ0n) is 16.7. The van der Waals surface area contributed by atoms with Crippen LogP contribution in [-0.2, 0) is 14.8 Å². The summed E-state index contributed by atoms with van der Waals surface area (Å²) >= 11 is 6.07. The molecule has 1 aliphatic heterocycles. The predicted octanol–water partition coefficient (Wildman–Crippen LogP) is 2.87.